The Morgan fingerprint density at radius 3 is 2.33 bits per heavy atom. The molecular weight excluding hydrogens is 202 g/mol. The second-order valence-corrected chi connectivity index (χ2v) is 5.15. The molecule has 0 atom stereocenters. The minimum atomic E-state index is 0.571. The van der Waals surface area contributed by atoms with Gasteiger partial charge in [0.2, 0.25) is 0 Å². The highest BCUT2D eigenvalue weighted by Crippen LogP contribution is 2.29. The van der Waals surface area contributed by atoms with Crippen molar-refractivity contribution >= 4 is 11.3 Å². The first-order chi connectivity index (χ1) is 7.16. The SMILES string of the molecule is Cc1ccc(-c2ncc(C(C)C)s2)cc1. The first-order valence-electron chi connectivity index (χ1n) is 5.19. The van der Waals surface area contributed by atoms with E-state index in [-0.39, 0.29) is 0 Å². The molecule has 0 spiro atoms. The molecule has 78 valence electrons. The van der Waals surface area contributed by atoms with Crippen LogP contribution in [0.15, 0.2) is 30.5 Å². The Labute approximate surface area is 94.8 Å². The minimum absolute atomic E-state index is 0.571. The van der Waals surface area contributed by atoms with Gasteiger partial charge in [0.15, 0.2) is 0 Å². The summed E-state index contributed by atoms with van der Waals surface area (Å²) in [4.78, 5) is 5.81. The standard InChI is InChI=1S/C13H15NS/c1-9(2)12-8-14-13(15-12)11-6-4-10(3)5-7-11/h4-9H,1-3H3. The van der Waals surface area contributed by atoms with Gasteiger partial charge in [-0.15, -0.1) is 11.3 Å². The van der Waals surface area contributed by atoms with Gasteiger partial charge in [-0.1, -0.05) is 43.7 Å². The van der Waals surface area contributed by atoms with Crippen molar-refractivity contribution in [3.05, 3.63) is 40.9 Å². The number of hydrogen-bond donors (Lipinski definition) is 0. The van der Waals surface area contributed by atoms with Crippen LogP contribution in [-0.4, -0.2) is 4.98 Å². The zero-order valence-corrected chi connectivity index (χ0v) is 10.1. The maximum absolute atomic E-state index is 4.46. The lowest BCUT2D eigenvalue weighted by atomic mass is 10.2. The van der Waals surface area contributed by atoms with Crippen LogP contribution in [0.5, 0.6) is 0 Å². The van der Waals surface area contributed by atoms with Crippen molar-refractivity contribution in [3.8, 4) is 10.6 Å². The van der Waals surface area contributed by atoms with E-state index in [0.717, 1.165) is 5.01 Å². The maximum Gasteiger partial charge on any atom is 0.123 e. The normalized spacial score (nSPS) is 10.9. The van der Waals surface area contributed by atoms with Gasteiger partial charge in [0.05, 0.1) is 0 Å². The van der Waals surface area contributed by atoms with E-state index in [4.69, 9.17) is 0 Å². The summed E-state index contributed by atoms with van der Waals surface area (Å²) in [6.07, 6.45) is 1.99. The molecule has 2 rings (SSSR count). The lowest BCUT2D eigenvalue weighted by Gasteiger charge is -1.98. The molecule has 0 fully saturated rings. The molecule has 1 aromatic heterocycles. The Kier molecular flexibility index (Phi) is 2.87. The summed E-state index contributed by atoms with van der Waals surface area (Å²) in [6.45, 7) is 6.50. The van der Waals surface area contributed by atoms with Gasteiger partial charge in [-0.05, 0) is 12.8 Å². The number of rotatable bonds is 2. The second-order valence-electron chi connectivity index (χ2n) is 4.09. The van der Waals surface area contributed by atoms with Gasteiger partial charge in [0, 0.05) is 16.6 Å². The fraction of sp³-hybridized carbons (Fsp3) is 0.308. The van der Waals surface area contributed by atoms with Crippen molar-refractivity contribution in [1.29, 1.82) is 0 Å². The van der Waals surface area contributed by atoms with E-state index >= 15 is 0 Å². The molecule has 0 amide bonds. The van der Waals surface area contributed by atoms with E-state index < -0.39 is 0 Å². The van der Waals surface area contributed by atoms with E-state index in [2.05, 4.69) is 50.0 Å². The molecule has 0 aliphatic rings. The van der Waals surface area contributed by atoms with E-state index in [9.17, 15) is 0 Å². The van der Waals surface area contributed by atoms with Crippen LogP contribution >= 0.6 is 11.3 Å². The van der Waals surface area contributed by atoms with Gasteiger partial charge in [0.1, 0.15) is 5.01 Å². The van der Waals surface area contributed by atoms with E-state index in [1.807, 2.05) is 6.20 Å². The van der Waals surface area contributed by atoms with Crippen molar-refractivity contribution < 1.29 is 0 Å². The van der Waals surface area contributed by atoms with Crippen LogP contribution in [0.4, 0.5) is 0 Å². The molecule has 0 unspecified atom stereocenters. The molecule has 2 aromatic rings. The third-order valence-electron chi connectivity index (χ3n) is 2.39. The average Bonchev–Trinajstić information content (AvgIpc) is 2.68. The fourth-order valence-corrected chi connectivity index (χ4v) is 2.31. The summed E-state index contributed by atoms with van der Waals surface area (Å²) >= 11 is 1.79. The highest BCUT2D eigenvalue weighted by Gasteiger charge is 2.06. The van der Waals surface area contributed by atoms with Gasteiger partial charge in [-0.2, -0.15) is 0 Å². The number of nitrogens with zero attached hydrogens (tertiary/aromatic N) is 1. The molecule has 0 radical (unpaired) electrons. The Bertz CT molecular complexity index is 440. The van der Waals surface area contributed by atoms with Crippen LogP contribution in [0.3, 0.4) is 0 Å². The maximum atomic E-state index is 4.46. The summed E-state index contributed by atoms with van der Waals surface area (Å²) < 4.78 is 0. The van der Waals surface area contributed by atoms with Crippen LogP contribution in [0.25, 0.3) is 10.6 Å². The van der Waals surface area contributed by atoms with Crippen LogP contribution in [0.1, 0.15) is 30.2 Å². The topological polar surface area (TPSA) is 12.9 Å². The Morgan fingerprint density at radius 2 is 1.80 bits per heavy atom. The van der Waals surface area contributed by atoms with Crippen molar-refractivity contribution in [2.24, 2.45) is 0 Å². The predicted octanol–water partition coefficient (Wildman–Crippen LogP) is 4.24. The summed E-state index contributed by atoms with van der Waals surface area (Å²) in [5.74, 6) is 0.571. The average molecular weight is 217 g/mol. The largest absolute Gasteiger partial charge is 0.244 e. The Hall–Kier alpha value is -1.15. The van der Waals surface area contributed by atoms with Crippen LogP contribution in [0.2, 0.25) is 0 Å². The summed E-state index contributed by atoms with van der Waals surface area (Å²) in [6, 6.07) is 8.54. The van der Waals surface area contributed by atoms with E-state index in [0.29, 0.717) is 5.92 Å². The number of benzene rings is 1. The Balaban J connectivity index is 2.33. The van der Waals surface area contributed by atoms with Crippen molar-refractivity contribution in [2.75, 3.05) is 0 Å². The van der Waals surface area contributed by atoms with Gasteiger partial charge in [-0.25, -0.2) is 4.98 Å². The molecule has 1 heterocycles. The van der Waals surface area contributed by atoms with Crippen molar-refractivity contribution in [3.63, 3.8) is 0 Å². The van der Waals surface area contributed by atoms with E-state index in [1.54, 1.807) is 11.3 Å². The smallest absolute Gasteiger partial charge is 0.123 e. The van der Waals surface area contributed by atoms with Crippen LogP contribution in [-0.2, 0) is 0 Å². The molecule has 0 aliphatic heterocycles. The van der Waals surface area contributed by atoms with Crippen molar-refractivity contribution in [2.45, 2.75) is 26.7 Å². The monoisotopic (exact) mass is 217 g/mol. The summed E-state index contributed by atoms with van der Waals surface area (Å²) in [5, 5.41) is 1.12. The fourth-order valence-electron chi connectivity index (χ4n) is 1.38. The third-order valence-corrected chi connectivity index (χ3v) is 3.74. The molecule has 0 saturated heterocycles. The molecule has 0 aliphatic carbocycles. The van der Waals surface area contributed by atoms with Gasteiger partial charge < -0.3 is 0 Å². The molecule has 1 nitrogen and oxygen atoms in total. The number of hydrogen-bond acceptors (Lipinski definition) is 2. The molecular formula is C13H15NS. The van der Waals surface area contributed by atoms with Gasteiger partial charge in [-0.3, -0.25) is 0 Å². The minimum Gasteiger partial charge on any atom is -0.244 e. The number of aryl methyl sites for hydroxylation is 1. The van der Waals surface area contributed by atoms with Crippen LogP contribution in [0, 0.1) is 6.92 Å². The molecule has 1 aromatic carbocycles. The summed E-state index contributed by atoms with van der Waals surface area (Å²) in [7, 11) is 0. The molecule has 0 bridgehead atoms. The molecule has 2 heteroatoms. The second kappa shape index (κ2) is 4.15. The lowest BCUT2D eigenvalue weighted by Crippen LogP contribution is -1.77. The first kappa shape index (κ1) is 10.4. The third kappa shape index (κ3) is 2.26. The van der Waals surface area contributed by atoms with E-state index in [1.165, 1.54) is 16.0 Å². The predicted molar refractivity (Wildman–Crippen MR) is 66.4 cm³/mol. The zero-order chi connectivity index (χ0) is 10.8. The lowest BCUT2D eigenvalue weighted by molar-refractivity contribution is 0.885. The molecule has 0 saturated carbocycles. The number of thiazole rings is 1. The van der Waals surface area contributed by atoms with Crippen LogP contribution < -0.4 is 0 Å². The quantitative estimate of drug-likeness (QED) is 0.733. The molecule has 0 N–H and O–H groups in total. The zero-order valence-electron chi connectivity index (χ0n) is 9.32. The molecule has 15 heavy (non-hydrogen) atoms. The van der Waals surface area contributed by atoms with Crippen molar-refractivity contribution in [1.82, 2.24) is 4.98 Å². The Morgan fingerprint density at radius 1 is 1.13 bits per heavy atom. The highest BCUT2D eigenvalue weighted by atomic mass is 32.1. The van der Waals surface area contributed by atoms with Gasteiger partial charge in [0.25, 0.3) is 0 Å². The van der Waals surface area contributed by atoms with Gasteiger partial charge >= 0.3 is 0 Å². The summed E-state index contributed by atoms with van der Waals surface area (Å²) in [5.41, 5.74) is 2.51. The highest BCUT2D eigenvalue weighted by molar-refractivity contribution is 7.15. The number of aromatic nitrogens is 1. The first-order valence-corrected chi connectivity index (χ1v) is 6.01.